The first-order valence-electron chi connectivity index (χ1n) is 27.3. The van der Waals surface area contributed by atoms with Crippen LogP contribution in [-0.4, -0.2) is 97.5 Å². The lowest BCUT2D eigenvalue weighted by Gasteiger charge is -2.41. The van der Waals surface area contributed by atoms with Gasteiger partial charge in [0.15, 0.2) is 6.29 Å². The molecular formula is C57H98O12S. The summed E-state index contributed by atoms with van der Waals surface area (Å²) in [7, 11) is -5.07. The van der Waals surface area contributed by atoms with Crippen LogP contribution in [-0.2, 0) is 38.3 Å². The molecule has 0 aliphatic carbocycles. The van der Waals surface area contributed by atoms with Crippen LogP contribution in [0.4, 0.5) is 0 Å². The highest BCUT2D eigenvalue weighted by Gasteiger charge is 2.48. The van der Waals surface area contributed by atoms with E-state index in [0.29, 0.717) is 13.0 Å². The second-order valence-electron chi connectivity index (χ2n) is 18.4. The SMILES string of the molecule is CC/C=C\C/C=C\C/C=C\C/C=C\CCCCCCCCCCCOCC(COC1OC(CO)C(O)C(OS(=O)(=O)O)C1O)OC(=O)CCCCCCCC/C=C\C/C=C\C/C=C\CCCCCCC. The number of allylic oxidation sites excluding steroid dienone is 14. The summed E-state index contributed by atoms with van der Waals surface area (Å²) in [6.45, 7) is 3.84. The third kappa shape index (κ3) is 39.8. The molecule has 13 heteroatoms. The molecule has 1 rings (SSSR count). The van der Waals surface area contributed by atoms with Crippen molar-refractivity contribution >= 4 is 16.4 Å². The van der Waals surface area contributed by atoms with Crippen molar-refractivity contribution in [1.29, 1.82) is 0 Å². The molecule has 0 amide bonds. The van der Waals surface area contributed by atoms with Crippen molar-refractivity contribution < 1.29 is 56.2 Å². The van der Waals surface area contributed by atoms with E-state index in [1.807, 2.05) is 0 Å². The van der Waals surface area contributed by atoms with Crippen molar-refractivity contribution in [3.8, 4) is 0 Å². The minimum absolute atomic E-state index is 0.0217. The summed E-state index contributed by atoms with van der Waals surface area (Å²) < 4.78 is 59.3. The molecule has 0 saturated carbocycles. The minimum atomic E-state index is -5.07. The average Bonchev–Trinajstić information content (AvgIpc) is 3.34. The fourth-order valence-electron chi connectivity index (χ4n) is 7.91. The molecule has 12 nitrogen and oxygen atoms in total. The van der Waals surface area contributed by atoms with Crippen molar-refractivity contribution in [3.05, 3.63) is 85.1 Å². The van der Waals surface area contributed by atoms with Gasteiger partial charge >= 0.3 is 16.4 Å². The zero-order valence-electron chi connectivity index (χ0n) is 43.6. The van der Waals surface area contributed by atoms with Gasteiger partial charge in [-0.2, -0.15) is 8.42 Å². The van der Waals surface area contributed by atoms with Crippen LogP contribution in [0.25, 0.3) is 0 Å². The Morgan fingerprint density at radius 2 is 0.986 bits per heavy atom. The van der Waals surface area contributed by atoms with Crippen molar-refractivity contribution in [2.24, 2.45) is 0 Å². The van der Waals surface area contributed by atoms with E-state index in [4.69, 9.17) is 18.9 Å². The fourth-order valence-corrected chi connectivity index (χ4v) is 8.41. The summed E-state index contributed by atoms with van der Waals surface area (Å²) in [4.78, 5) is 12.9. The fraction of sp³-hybridized carbons (Fsp3) is 0.737. The number of carbonyl (C=O) groups excluding carboxylic acids is 1. The smallest absolute Gasteiger partial charge is 0.397 e. The van der Waals surface area contributed by atoms with Gasteiger partial charge in [-0.3, -0.25) is 9.35 Å². The predicted octanol–water partition coefficient (Wildman–Crippen LogP) is 13.2. The van der Waals surface area contributed by atoms with Gasteiger partial charge in [0, 0.05) is 13.0 Å². The quantitative estimate of drug-likeness (QED) is 0.0197. The number of aliphatic hydroxyl groups is 3. The van der Waals surface area contributed by atoms with Gasteiger partial charge in [-0.25, -0.2) is 4.18 Å². The minimum Gasteiger partial charge on any atom is -0.457 e. The molecule has 4 N–H and O–H groups in total. The molecule has 0 aromatic carbocycles. The number of unbranched alkanes of at least 4 members (excludes halogenated alkanes) is 20. The highest BCUT2D eigenvalue weighted by Crippen LogP contribution is 2.26. The van der Waals surface area contributed by atoms with E-state index in [9.17, 15) is 33.1 Å². The van der Waals surface area contributed by atoms with E-state index in [1.165, 1.54) is 77.0 Å². The van der Waals surface area contributed by atoms with Crippen molar-refractivity contribution in [1.82, 2.24) is 0 Å². The second kappa shape index (κ2) is 47.3. The summed E-state index contributed by atoms with van der Waals surface area (Å²) in [5.41, 5.74) is 0. The Labute approximate surface area is 425 Å². The Kier molecular flexibility index (Phi) is 44.1. The molecule has 0 radical (unpaired) electrons. The Balaban J connectivity index is 2.36. The predicted molar refractivity (Wildman–Crippen MR) is 285 cm³/mol. The van der Waals surface area contributed by atoms with Gasteiger partial charge in [0.25, 0.3) is 0 Å². The summed E-state index contributed by atoms with van der Waals surface area (Å²) in [6.07, 6.45) is 54.6. The largest absolute Gasteiger partial charge is 0.457 e. The van der Waals surface area contributed by atoms with Gasteiger partial charge in [-0.15, -0.1) is 0 Å². The van der Waals surface area contributed by atoms with Gasteiger partial charge in [0.2, 0.25) is 0 Å². The summed E-state index contributed by atoms with van der Waals surface area (Å²) >= 11 is 0. The summed E-state index contributed by atoms with van der Waals surface area (Å²) in [6, 6.07) is 0. The first-order valence-corrected chi connectivity index (χ1v) is 28.7. The van der Waals surface area contributed by atoms with Crippen LogP contribution in [0.5, 0.6) is 0 Å². The Morgan fingerprint density at radius 1 is 0.557 bits per heavy atom. The molecule has 6 atom stereocenters. The van der Waals surface area contributed by atoms with Gasteiger partial charge in [0.1, 0.15) is 30.5 Å². The number of carbonyl (C=O) groups is 1. The molecule has 1 fully saturated rings. The number of hydrogen-bond acceptors (Lipinski definition) is 11. The van der Waals surface area contributed by atoms with Crippen molar-refractivity contribution in [2.75, 3.05) is 26.4 Å². The number of rotatable bonds is 47. The van der Waals surface area contributed by atoms with Crippen LogP contribution in [0, 0.1) is 0 Å². The Hall–Kier alpha value is -2.72. The number of hydrogen-bond donors (Lipinski definition) is 4. The molecule has 0 aromatic heterocycles. The lowest BCUT2D eigenvalue weighted by Crippen LogP contribution is -2.60. The molecule has 404 valence electrons. The summed E-state index contributed by atoms with van der Waals surface area (Å²) in [5, 5.41) is 30.8. The summed E-state index contributed by atoms with van der Waals surface area (Å²) in [5.74, 6) is -0.415. The molecule has 70 heavy (non-hydrogen) atoms. The van der Waals surface area contributed by atoms with Crippen molar-refractivity contribution in [2.45, 2.75) is 243 Å². The molecule has 0 aromatic rings. The van der Waals surface area contributed by atoms with Crippen LogP contribution in [0.3, 0.4) is 0 Å². The maximum atomic E-state index is 12.9. The third-order valence-electron chi connectivity index (χ3n) is 12.0. The molecule has 6 unspecified atom stereocenters. The molecule has 1 aliphatic rings. The topological polar surface area (TPSA) is 178 Å². The third-order valence-corrected chi connectivity index (χ3v) is 12.5. The second-order valence-corrected chi connectivity index (χ2v) is 19.5. The standard InChI is InChI=1S/C57H98O12S/c1-3-5-7-9-11-13-15-17-19-21-23-25-27-29-31-33-35-37-39-41-43-45-47-65-49-51(50-66-57-55(61)56(69-70(62,63)64)54(60)52(48-58)68-57)67-53(59)46-44-42-40-38-36-34-32-30-28-26-24-22-20-18-16-14-12-10-8-6-4-2/h5,7,11,13,16-19,22-25,28,30,51-52,54-58,60-61H,3-4,6,8-10,12,14-15,20-21,26-27,29,31-50H2,1-2H3,(H,62,63,64)/b7-5-,13-11-,18-16-,19-17-,24-22-,25-23-,30-28-. The van der Waals surface area contributed by atoms with Crippen molar-refractivity contribution in [3.63, 3.8) is 0 Å². The first-order chi connectivity index (χ1) is 34.1. The van der Waals surface area contributed by atoms with E-state index >= 15 is 0 Å². The number of aliphatic hydroxyl groups excluding tert-OH is 3. The lowest BCUT2D eigenvalue weighted by atomic mass is 9.99. The molecule has 1 saturated heterocycles. The molecular weight excluding hydrogens is 909 g/mol. The zero-order chi connectivity index (χ0) is 51.0. The van der Waals surface area contributed by atoms with Crippen LogP contribution >= 0.6 is 0 Å². The lowest BCUT2D eigenvalue weighted by molar-refractivity contribution is -0.301. The van der Waals surface area contributed by atoms with Gasteiger partial charge in [0.05, 0.1) is 19.8 Å². The highest BCUT2D eigenvalue weighted by atomic mass is 32.3. The maximum Gasteiger partial charge on any atom is 0.397 e. The van der Waals surface area contributed by atoms with Gasteiger partial charge < -0.3 is 34.3 Å². The Bertz CT molecular complexity index is 1540. The van der Waals surface area contributed by atoms with E-state index < -0.39 is 59.8 Å². The van der Waals surface area contributed by atoms with Crippen LogP contribution in [0.15, 0.2) is 85.1 Å². The van der Waals surface area contributed by atoms with E-state index in [2.05, 4.69) is 103 Å². The van der Waals surface area contributed by atoms with Gasteiger partial charge in [-0.05, 0) is 89.9 Å². The molecule has 1 heterocycles. The van der Waals surface area contributed by atoms with Crippen LogP contribution in [0.1, 0.15) is 206 Å². The van der Waals surface area contributed by atoms with E-state index in [1.54, 1.807) is 0 Å². The zero-order valence-corrected chi connectivity index (χ0v) is 44.4. The van der Waals surface area contributed by atoms with E-state index in [0.717, 1.165) is 103 Å². The molecule has 0 spiro atoms. The molecule has 0 bridgehead atoms. The van der Waals surface area contributed by atoms with Gasteiger partial charge in [-0.1, -0.05) is 195 Å². The van der Waals surface area contributed by atoms with Crippen LogP contribution < -0.4 is 0 Å². The van der Waals surface area contributed by atoms with E-state index in [-0.39, 0.29) is 19.6 Å². The first kappa shape index (κ1) is 65.3. The number of ether oxygens (including phenoxy) is 4. The molecule has 1 aliphatic heterocycles. The number of esters is 1. The average molecular weight is 1010 g/mol. The normalized spacial score (nSPS) is 19.8. The monoisotopic (exact) mass is 1010 g/mol. The Morgan fingerprint density at radius 3 is 1.44 bits per heavy atom. The maximum absolute atomic E-state index is 12.9. The van der Waals surface area contributed by atoms with Crippen LogP contribution in [0.2, 0.25) is 0 Å². The highest BCUT2D eigenvalue weighted by molar-refractivity contribution is 7.80.